The molecule has 1 aliphatic heterocycles. The summed E-state index contributed by atoms with van der Waals surface area (Å²) < 4.78 is 3.96. The zero-order valence-electron chi connectivity index (χ0n) is 9.27. The first-order valence-electron chi connectivity index (χ1n) is 5.39. The Hall–Kier alpha value is -0.660. The summed E-state index contributed by atoms with van der Waals surface area (Å²) in [4.78, 5) is 19.2. The molecule has 18 heavy (non-hydrogen) atoms. The van der Waals surface area contributed by atoms with Crippen molar-refractivity contribution < 1.29 is 4.79 Å². The van der Waals surface area contributed by atoms with E-state index in [1.807, 2.05) is 17.2 Å². The molecular formula is C11H9Br2N3OS. The molecule has 94 valence electrons. The fourth-order valence-corrected chi connectivity index (χ4v) is 3.96. The van der Waals surface area contributed by atoms with Crippen LogP contribution in [0.15, 0.2) is 26.7 Å². The number of carbonyl (C=O) groups is 1. The van der Waals surface area contributed by atoms with Crippen LogP contribution in [0.4, 0.5) is 0 Å². The van der Waals surface area contributed by atoms with E-state index >= 15 is 0 Å². The quantitative estimate of drug-likeness (QED) is 0.750. The number of imidazole rings is 1. The van der Waals surface area contributed by atoms with Crippen molar-refractivity contribution in [1.82, 2.24) is 14.5 Å². The van der Waals surface area contributed by atoms with Gasteiger partial charge in [0.15, 0.2) is 0 Å². The van der Waals surface area contributed by atoms with Crippen molar-refractivity contribution >= 4 is 49.1 Å². The topological polar surface area (TPSA) is 38.1 Å². The standard InChI is InChI=1S/C11H9Br2N3OS/c12-7-5-8(18-10(7)13)11(17)16-4-3-15-2-1-14-9(15)6-16/h1-2,5H,3-4,6H2. The van der Waals surface area contributed by atoms with E-state index in [0.29, 0.717) is 6.54 Å². The van der Waals surface area contributed by atoms with Crippen LogP contribution < -0.4 is 0 Å². The van der Waals surface area contributed by atoms with Gasteiger partial charge in [0.25, 0.3) is 5.91 Å². The molecule has 7 heteroatoms. The molecule has 0 saturated heterocycles. The molecule has 2 aromatic rings. The summed E-state index contributed by atoms with van der Waals surface area (Å²) in [5, 5.41) is 0. The van der Waals surface area contributed by atoms with Crippen LogP contribution in [0.3, 0.4) is 0 Å². The molecule has 0 aromatic carbocycles. The summed E-state index contributed by atoms with van der Waals surface area (Å²) in [5.41, 5.74) is 0. The van der Waals surface area contributed by atoms with E-state index < -0.39 is 0 Å². The number of carbonyl (C=O) groups excluding carboxylic acids is 1. The van der Waals surface area contributed by atoms with Gasteiger partial charge < -0.3 is 9.47 Å². The van der Waals surface area contributed by atoms with Crippen molar-refractivity contribution in [2.45, 2.75) is 13.1 Å². The molecule has 3 heterocycles. The first-order chi connectivity index (χ1) is 8.65. The normalized spacial score (nSPS) is 14.7. The minimum Gasteiger partial charge on any atom is -0.332 e. The molecule has 4 nitrogen and oxygen atoms in total. The molecule has 1 amide bonds. The molecular weight excluding hydrogens is 382 g/mol. The van der Waals surface area contributed by atoms with Gasteiger partial charge in [-0.05, 0) is 37.9 Å². The van der Waals surface area contributed by atoms with Crippen molar-refractivity contribution in [2.75, 3.05) is 6.54 Å². The van der Waals surface area contributed by atoms with Crippen molar-refractivity contribution in [1.29, 1.82) is 0 Å². The van der Waals surface area contributed by atoms with Gasteiger partial charge >= 0.3 is 0 Å². The molecule has 2 aromatic heterocycles. The Bertz CT molecular complexity index is 588. The van der Waals surface area contributed by atoms with Crippen LogP contribution in [-0.4, -0.2) is 26.9 Å². The SMILES string of the molecule is O=C(c1cc(Br)c(Br)s1)N1CCn2ccnc2C1. The first-order valence-corrected chi connectivity index (χ1v) is 7.79. The second-order valence-electron chi connectivity index (χ2n) is 4.00. The van der Waals surface area contributed by atoms with Gasteiger partial charge in [0.1, 0.15) is 5.82 Å². The number of hydrogen-bond donors (Lipinski definition) is 0. The number of hydrogen-bond acceptors (Lipinski definition) is 3. The maximum atomic E-state index is 12.4. The van der Waals surface area contributed by atoms with Crippen LogP contribution >= 0.6 is 43.2 Å². The summed E-state index contributed by atoms with van der Waals surface area (Å²) >= 11 is 8.27. The minimum absolute atomic E-state index is 0.0700. The molecule has 0 atom stereocenters. The third kappa shape index (κ3) is 2.15. The molecule has 0 fully saturated rings. The van der Waals surface area contributed by atoms with E-state index in [4.69, 9.17) is 0 Å². The summed E-state index contributed by atoms with van der Waals surface area (Å²) in [6.45, 7) is 2.13. The lowest BCUT2D eigenvalue weighted by Gasteiger charge is -2.27. The molecule has 0 saturated carbocycles. The summed E-state index contributed by atoms with van der Waals surface area (Å²) in [5.74, 6) is 1.02. The molecule has 0 unspecified atom stereocenters. The number of fused-ring (bicyclic) bond motifs is 1. The fourth-order valence-electron chi connectivity index (χ4n) is 1.95. The highest BCUT2D eigenvalue weighted by Gasteiger charge is 2.23. The van der Waals surface area contributed by atoms with Crippen molar-refractivity contribution in [3.8, 4) is 0 Å². The van der Waals surface area contributed by atoms with Gasteiger partial charge in [-0.1, -0.05) is 0 Å². The highest BCUT2D eigenvalue weighted by atomic mass is 79.9. The summed E-state index contributed by atoms with van der Waals surface area (Å²) in [6, 6.07) is 1.86. The van der Waals surface area contributed by atoms with Crippen molar-refractivity contribution in [3.63, 3.8) is 0 Å². The zero-order chi connectivity index (χ0) is 12.7. The lowest BCUT2D eigenvalue weighted by molar-refractivity contribution is 0.0712. The number of nitrogens with zero attached hydrogens (tertiary/aromatic N) is 3. The highest BCUT2D eigenvalue weighted by Crippen LogP contribution is 2.33. The average Bonchev–Trinajstić information content (AvgIpc) is 2.95. The third-order valence-corrected chi connectivity index (χ3v) is 6.13. The Morgan fingerprint density at radius 1 is 1.39 bits per heavy atom. The third-order valence-electron chi connectivity index (χ3n) is 2.89. The van der Waals surface area contributed by atoms with E-state index in [1.165, 1.54) is 11.3 Å². The number of amides is 1. The van der Waals surface area contributed by atoms with Gasteiger partial charge in [-0.2, -0.15) is 0 Å². The smallest absolute Gasteiger partial charge is 0.264 e. The maximum Gasteiger partial charge on any atom is 0.264 e. The molecule has 3 rings (SSSR count). The van der Waals surface area contributed by atoms with Crippen LogP contribution in [0.5, 0.6) is 0 Å². The number of halogens is 2. The second-order valence-corrected chi connectivity index (χ2v) is 7.22. The van der Waals surface area contributed by atoms with Crippen LogP contribution in [0.2, 0.25) is 0 Å². The highest BCUT2D eigenvalue weighted by molar-refractivity contribution is 9.13. The van der Waals surface area contributed by atoms with Crippen LogP contribution in [0.1, 0.15) is 15.5 Å². The van der Waals surface area contributed by atoms with E-state index in [0.717, 1.165) is 32.1 Å². The second kappa shape index (κ2) is 4.79. The lowest BCUT2D eigenvalue weighted by atomic mass is 10.3. The average molecular weight is 391 g/mol. The Morgan fingerprint density at radius 2 is 2.22 bits per heavy atom. The molecule has 0 radical (unpaired) electrons. The van der Waals surface area contributed by atoms with Crippen molar-refractivity contribution in [3.05, 3.63) is 37.4 Å². The Morgan fingerprint density at radius 3 is 2.94 bits per heavy atom. The van der Waals surface area contributed by atoms with Crippen molar-refractivity contribution in [2.24, 2.45) is 0 Å². The van der Waals surface area contributed by atoms with Gasteiger partial charge in [-0.15, -0.1) is 11.3 Å². The first kappa shape index (κ1) is 12.4. The molecule has 1 aliphatic rings. The van der Waals surface area contributed by atoms with Gasteiger partial charge in [0.2, 0.25) is 0 Å². The van der Waals surface area contributed by atoms with E-state index in [2.05, 4.69) is 41.4 Å². The van der Waals surface area contributed by atoms with Gasteiger partial charge in [-0.25, -0.2) is 4.98 Å². The zero-order valence-corrected chi connectivity index (χ0v) is 13.3. The van der Waals surface area contributed by atoms with E-state index in [1.54, 1.807) is 6.20 Å². The fraction of sp³-hybridized carbons (Fsp3) is 0.273. The molecule has 0 N–H and O–H groups in total. The summed E-state index contributed by atoms with van der Waals surface area (Å²) in [6.07, 6.45) is 3.73. The van der Waals surface area contributed by atoms with Gasteiger partial charge in [-0.3, -0.25) is 4.79 Å². The van der Waals surface area contributed by atoms with Gasteiger partial charge in [0, 0.05) is 30.0 Å². The number of aromatic nitrogens is 2. The predicted octanol–water partition coefficient (Wildman–Crippen LogP) is 3.13. The molecule has 0 aliphatic carbocycles. The number of rotatable bonds is 1. The van der Waals surface area contributed by atoms with Crippen LogP contribution in [0.25, 0.3) is 0 Å². The maximum absolute atomic E-state index is 12.4. The molecule has 0 spiro atoms. The monoisotopic (exact) mass is 389 g/mol. The van der Waals surface area contributed by atoms with Gasteiger partial charge in [0.05, 0.1) is 15.2 Å². The lowest BCUT2D eigenvalue weighted by Crippen LogP contribution is -2.37. The Labute approximate surface area is 125 Å². The largest absolute Gasteiger partial charge is 0.332 e. The molecule has 0 bridgehead atoms. The Kier molecular flexibility index (Phi) is 3.29. The number of thiophene rings is 1. The van der Waals surface area contributed by atoms with Crippen LogP contribution in [-0.2, 0) is 13.1 Å². The summed E-state index contributed by atoms with van der Waals surface area (Å²) in [7, 11) is 0. The van der Waals surface area contributed by atoms with E-state index in [9.17, 15) is 4.79 Å². The Balaban J connectivity index is 1.82. The minimum atomic E-state index is 0.0700. The van der Waals surface area contributed by atoms with E-state index in [-0.39, 0.29) is 5.91 Å². The predicted molar refractivity (Wildman–Crippen MR) is 76.7 cm³/mol. The van der Waals surface area contributed by atoms with Crippen LogP contribution in [0, 0.1) is 0 Å².